The Hall–Kier alpha value is -0.860. The second kappa shape index (κ2) is 7.43. The fourth-order valence-electron chi connectivity index (χ4n) is 1.14. The van der Waals surface area contributed by atoms with Gasteiger partial charge in [-0.15, -0.1) is 0 Å². The Morgan fingerprint density at radius 2 is 1.80 bits per heavy atom. The van der Waals surface area contributed by atoms with E-state index in [2.05, 4.69) is 19.9 Å². The monoisotopic (exact) mass is 207 g/mol. The lowest BCUT2D eigenvalue weighted by molar-refractivity contribution is 0.0314. The molecule has 0 atom stereocenters. The Balaban J connectivity index is 1.98. The second-order valence-corrected chi connectivity index (χ2v) is 3.93. The van der Waals surface area contributed by atoms with Gasteiger partial charge < -0.3 is 9.47 Å². The highest BCUT2D eigenvalue weighted by molar-refractivity contribution is 5.12. The average Bonchev–Trinajstić information content (AvgIpc) is 2.24. The first-order valence-electron chi connectivity index (χ1n) is 5.39. The van der Waals surface area contributed by atoms with E-state index in [4.69, 9.17) is 9.47 Å². The standard InChI is InChI=1S/C13H19O2/c1-12(2)10-14-8-9-15-11-13-6-4-3-5-7-13/h4-7,12H,8-11H2,1-2H3. The molecule has 0 aromatic heterocycles. The molecule has 1 radical (unpaired) electrons. The van der Waals surface area contributed by atoms with Gasteiger partial charge in [0.25, 0.3) is 0 Å². The Bertz CT molecular complexity index is 244. The summed E-state index contributed by atoms with van der Waals surface area (Å²) >= 11 is 0. The second-order valence-electron chi connectivity index (χ2n) is 3.93. The van der Waals surface area contributed by atoms with Crippen molar-refractivity contribution in [1.82, 2.24) is 0 Å². The van der Waals surface area contributed by atoms with Crippen LogP contribution >= 0.6 is 0 Å². The first-order valence-corrected chi connectivity index (χ1v) is 5.39. The van der Waals surface area contributed by atoms with E-state index in [-0.39, 0.29) is 0 Å². The molecule has 0 bridgehead atoms. The molecule has 0 fully saturated rings. The lowest BCUT2D eigenvalue weighted by atomic mass is 10.2. The minimum atomic E-state index is 0.592. The van der Waals surface area contributed by atoms with Crippen LogP contribution in [0.3, 0.4) is 0 Å². The van der Waals surface area contributed by atoms with Crippen LogP contribution < -0.4 is 0 Å². The van der Waals surface area contributed by atoms with Crippen molar-refractivity contribution in [3.8, 4) is 0 Å². The number of hydrogen-bond acceptors (Lipinski definition) is 2. The van der Waals surface area contributed by atoms with Gasteiger partial charge in [0.05, 0.1) is 19.8 Å². The van der Waals surface area contributed by atoms with Crippen LogP contribution in [0.25, 0.3) is 0 Å². The summed E-state index contributed by atoms with van der Waals surface area (Å²) in [6.45, 7) is 7.08. The molecule has 0 heterocycles. The van der Waals surface area contributed by atoms with Gasteiger partial charge in [0.15, 0.2) is 0 Å². The van der Waals surface area contributed by atoms with Crippen LogP contribution in [0, 0.1) is 12.0 Å². The van der Waals surface area contributed by atoms with Gasteiger partial charge in [0.2, 0.25) is 0 Å². The van der Waals surface area contributed by atoms with Crippen molar-refractivity contribution in [2.45, 2.75) is 20.5 Å². The molecule has 83 valence electrons. The van der Waals surface area contributed by atoms with Crippen LogP contribution in [0.5, 0.6) is 0 Å². The predicted molar refractivity (Wildman–Crippen MR) is 60.6 cm³/mol. The average molecular weight is 207 g/mol. The largest absolute Gasteiger partial charge is 0.379 e. The van der Waals surface area contributed by atoms with Crippen molar-refractivity contribution in [2.75, 3.05) is 19.8 Å². The molecule has 15 heavy (non-hydrogen) atoms. The molecule has 2 heteroatoms. The molecule has 0 aliphatic heterocycles. The lowest BCUT2D eigenvalue weighted by Crippen LogP contribution is -2.08. The summed E-state index contributed by atoms with van der Waals surface area (Å²) in [6, 6.07) is 10.8. The Morgan fingerprint density at radius 3 is 2.47 bits per heavy atom. The Kier molecular flexibility index (Phi) is 6.05. The van der Waals surface area contributed by atoms with E-state index >= 15 is 0 Å². The zero-order valence-corrected chi connectivity index (χ0v) is 9.53. The fraction of sp³-hybridized carbons (Fsp3) is 0.538. The third-order valence-corrected chi connectivity index (χ3v) is 1.88. The van der Waals surface area contributed by atoms with Crippen LogP contribution in [0.2, 0.25) is 0 Å². The summed E-state index contributed by atoms with van der Waals surface area (Å²) in [5, 5.41) is 0. The first kappa shape index (κ1) is 12.2. The minimum Gasteiger partial charge on any atom is -0.379 e. The van der Waals surface area contributed by atoms with Gasteiger partial charge in [-0.25, -0.2) is 0 Å². The third kappa shape index (κ3) is 6.26. The van der Waals surface area contributed by atoms with Crippen LogP contribution in [0.15, 0.2) is 24.3 Å². The van der Waals surface area contributed by atoms with Gasteiger partial charge >= 0.3 is 0 Å². The van der Waals surface area contributed by atoms with Crippen molar-refractivity contribution < 1.29 is 9.47 Å². The van der Waals surface area contributed by atoms with E-state index in [0.717, 1.165) is 6.61 Å². The summed E-state index contributed by atoms with van der Waals surface area (Å²) in [5.41, 5.74) is 1.18. The van der Waals surface area contributed by atoms with Crippen LogP contribution in [0.1, 0.15) is 19.4 Å². The molecule has 0 saturated heterocycles. The summed E-state index contributed by atoms with van der Waals surface area (Å²) in [5.74, 6) is 0.592. The van der Waals surface area contributed by atoms with Crippen LogP contribution in [-0.2, 0) is 16.1 Å². The zero-order chi connectivity index (χ0) is 10.9. The topological polar surface area (TPSA) is 18.5 Å². The van der Waals surface area contributed by atoms with Gasteiger partial charge in [-0.2, -0.15) is 0 Å². The van der Waals surface area contributed by atoms with E-state index in [1.165, 1.54) is 5.56 Å². The third-order valence-electron chi connectivity index (χ3n) is 1.88. The predicted octanol–water partition coefficient (Wildman–Crippen LogP) is 2.68. The SMILES string of the molecule is CC(C)COCCOCc1cc[c]cc1. The van der Waals surface area contributed by atoms with E-state index in [9.17, 15) is 0 Å². The quantitative estimate of drug-likeness (QED) is 0.640. The highest BCUT2D eigenvalue weighted by atomic mass is 16.5. The number of rotatable bonds is 7. The Labute approximate surface area is 92.2 Å². The molecular weight excluding hydrogens is 188 g/mol. The number of benzene rings is 1. The summed E-state index contributed by atoms with van der Waals surface area (Å²) in [4.78, 5) is 0. The van der Waals surface area contributed by atoms with Crippen molar-refractivity contribution in [2.24, 2.45) is 5.92 Å². The molecule has 0 N–H and O–H groups in total. The van der Waals surface area contributed by atoms with E-state index < -0.39 is 0 Å². The van der Waals surface area contributed by atoms with E-state index in [1.807, 2.05) is 24.3 Å². The van der Waals surface area contributed by atoms with E-state index in [1.54, 1.807) is 0 Å². The normalized spacial score (nSPS) is 10.9. The molecule has 0 aliphatic carbocycles. The first-order chi connectivity index (χ1) is 7.29. The zero-order valence-electron chi connectivity index (χ0n) is 9.53. The molecular formula is C13H19O2. The number of ether oxygens (including phenoxy) is 2. The number of hydrogen-bond donors (Lipinski definition) is 0. The maximum absolute atomic E-state index is 5.46. The smallest absolute Gasteiger partial charge is 0.0718 e. The maximum atomic E-state index is 5.46. The maximum Gasteiger partial charge on any atom is 0.0718 e. The van der Waals surface area contributed by atoms with Gasteiger partial charge in [-0.1, -0.05) is 38.1 Å². The molecule has 1 aromatic carbocycles. The molecule has 1 rings (SSSR count). The highest BCUT2D eigenvalue weighted by Crippen LogP contribution is 1.99. The summed E-state index contributed by atoms with van der Waals surface area (Å²) < 4.78 is 10.9. The van der Waals surface area contributed by atoms with Crippen LogP contribution in [0.4, 0.5) is 0 Å². The molecule has 0 amide bonds. The molecule has 1 aromatic rings. The van der Waals surface area contributed by atoms with Crippen molar-refractivity contribution >= 4 is 0 Å². The van der Waals surface area contributed by atoms with Gasteiger partial charge in [-0.05, 0) is 17.5 Å². The minimum absolute atomic E-state index is 0.592. The van der Waals surface area contributed by atoms with E-state index in [0.29, 0.717) is 25.7 Å². The van der Waals surface area contributed by atoms with Crippen molar-refractivity contribution in [3.05, 3.63) is 35.9 Å². The van der Waals surface area contributed by atoms with Crippen molar-refractivity contribution in [1.29, 1.82) is 0 Å². The molecule has 0 saturated carbocycles. The fourth-order valence-corrected chi connectivity index (χ4v) is 1.14. The van der Waals surface area contributed by atoms with Gasteiger partial charge in [0, 0.05) is 6.61 Å². The highest BCUT2D eigenvalue weighted by Gasteiger charge is 1.94. The summed E-state index contributed by atoms with van der Waals surface area (Å²) in [7, 11) is 0. The Morgan fingerprint density at radius 1 is 1.13 bits per heavy atom. The van der Waals surface area contributed by atoms with Crippen molar-refractivity contribution in [3.63, 3.8) is 0 Å². The molecule has 2 nitrogen and oxygen atoms in total. The lowest BCUT2D eigenvalue weighted by Gasteiger charge is -2.07. The summed E-state index contributed by atoms with van der Waals surface area (Å²) in [6.07, 6.45) is 0. The van der Waals surface area contributed by atoms with Gasteiger partial charge in [0.1, 0.15) is 0 Å². The molecule has 0 unspecified atom stereocenters. The van der Waals surface area contributed by atoms with Crippen LogP contribution in [-0.4, -0.2) is 19.8 Å². The molecule has 0 aliphatic rings. The molecule has 0 spiro atoms. The van der Waals surface area contributed by atoms with Gasteiger partial charge in [-0.3, -0.25) is 0 Å².